The van der Waals surface area contributed by atoms with Gasteiger partial charge in [0.15, 0.2) is 0 Å². The van der Waals surface area contributed by atoms with Gasteiger partial charge in [-0.15, -0.1) is 0 Å². The van der Waals surface area contributed by atoms with E-state index in [1.54, 1.807) is 0 Å². The van der Waals surface area contributed by atoms with Gasteiger partial charge < -0.3 is 0 Å². The minimum Gasteiger partial charge on any atom is -0.0620 e. The summed E-state index contributed by atoms with van der Waals surface area (Å²) >= 11 is 3.63. The predicted octanol–water partition coefficient (Wildman–Crippen LogP) is 5.26. The van der Waals surface area contributed by atoms with E-state index in [2.05, 4.69) is 72.3 Å². The number of allylic oxidation sites excluding steroid dienone is 1. The molecule has 0 aromatic heterocycles. The molecule has 0 atom stereocenters. The molecule has 0 aliphatic heterocycles. The Balaban J connectivity index is 2.31. The van der Waals surface area contributed by atoms with Crippen molar-refractivity contribution in [2.45, 2.75) is 20.3 Å². The summed E-state index contributed by atoms with van der Waals surface area (Å²) in [4.78, 5) is 0. The van der Waals surface area contributed by atoms with Crippen LogP contribution in [-0.2, 0) is 6.42 Å². The Morgan fingerprint density at radius 1 is 0.944 bits per heavy atom. The highest BCUT2D eigenvalue weighted by molar-refractivity contribution is 9.11. The smallest absolute Gasteiger partial charge is 0.00470 e. The van der Waals surface area contributed by atoms with Gasteiger partial charge in [-0.3, -0.25) is 0 Å². The van der Waals surface area contributed by atoms with Gasteiger partial charge in [0.05, 0.1) is 0 Å². The number of hydrogen-bond acceptors (Lipinski definition) is 0. The zero-order chi connectivity index (χ0) is 12.7. The highest BCUT2D eigenvalue weighted by Gasteiger charge is 2.17. The molecule has 3 rings (SSSR count). The van der Waals surface area contributed by atoms with Gasteiger partial charge in [0.1, 0.15) is 0 Å². The largest absolute Gasteiger partial charge is 0.0620 e. The highest BCUT2D eigenvalue weighted by atomic mass is 79.9. The van der Waals surface area contributed by atoms with Crippen LogP contribution in [0.25, 0.3) is 17.2 Å². The van der Waals surface area contributed by atoms with Gasteiger partial charge in [-0.1, -0.05) is 52.3 Å². The van der Waals surface area contributed by atoms with E-state index in [0.717, 1.165) is 6.42 Å². The van der Waals surface area contributed by atoms with E-state index in [1.807, 2.05) is 0 Å². The van der Waals surface area contributed by atoms with E-state index in [4.69, 9.17) is 0 Å². The van der Waals surface area contributed by atoms with Crippen molar-refractivity contribution in [1.29, 1.82) is 0 Å². The molecular weight excluding hydrogens is 284 g/mol. The molecule has 0 amide bonds. The lowest BCUT2D eigenvalue weighted by Gasteiger charge is -2.14. The lowest BCUT2D eigenvalue weighted by Crippen LogP contribution is -1.93. The monoisotopic (exact) mass is 298 g/mol. The van der Waals surface area contributed by atoms with Crippen LogP contribution in [-0.4, -0.2) is 0 Å². The molecule has 0 nitrogen and oxygen atoms in total. The first-order valence-electron chi connectivity index (χ1n) is 6.21. The fraction of sp³-hybridized carbons (Fsp3) is 0.176. The molecular formula is C17H15Br. The van der Waals surface area contributed by atoms with Crippen LogP contribution in [0.1, 0.15) is 22.3 Å². The molecule has 0 saturated carbocycles. The van der Waals surface area contributed by atoms with E-state index < -0.39 is 0 Å². The first-order valence-corrected chi connectivity index (χ1v) is 7.00. The lowest BCUT2D eigenvalue weighted by molar-refractivity contribution is 1.28. The maximum Gasteiger partial charge on any atom is 0.00470 e. The third kappa shape index (κ3) is 1.83. The quantitative estimate of drug-likeness (QED) is 0.673. The van der Waals surface area contributed by atoms with Crippen molar-refractivity contribution in [3.8, 4) is 11.1 Å². The third-order valence-electron chi connectivity index (χ3n) is 3.62. The minimum atomic E-state index is 1.02. The van der Waals surface area contributed by atoms with E-state index in [9.17, 15) is 0 Å². The van der Waals surface area contributed by atoms with E-state index in [0.29, 0.717) is 0 Å². The average molecular weight is 299 g/mol. The Morgan fingerprint density at radius 2 is 1.72 bits per heavy atom. The van der Waals surface area contributed by atoms with Crippen molar-refractivity contribution in [3.63, 3.8) is 0 Å². The van der Waals surface area contributed by atoms with Gasteiger partial charge in [-0.2, -0.15) is 0 Å². The van der Waals surface area contributed by atoms with Crippen molar-refractivity contribution in [3.05, 3.63) is 63.1 Å². The summed E-state index contributed by atoms with van der Waals surface area (Å²) in [6, 6.07) is 13.1. The van der Waals surface area contributed by atoms with Crippen LogP contribution in [0.2, 0.25) is 0 Å². The van der Waals surface area contributed by atoms with Crippen LogP contribution in [0.15, 0.2) is 40.9 Å². The summed E-state index contributed by atoms with van der Waals surface area (Å²) in [6.07, 6.45) is 3.29. The van der Waals surface area contributed by atoms with Gasteiger partial charge in [0.25, 0.3) is 0 Å². The number of halogens is 1. The Morgan fingerprint density at radius 3 is 2.50 bits per heavy atom. The van der Waals surface area contributed by atoms with Crippen LogP contribution >= 0.6 is 15.9 Å². The number of benzene rings is 2. The summed E-state index contributed by atoms with van der Waals surface area (Å²) < 4.78 is 1.28. The first kappa shape index (κ1) is 11.7. The lowest BCUT2D eigenvalue weighted by atomic mass is 9.90. The first-order chi connectivity index (χ1) is 8.66. The molecule has 0 radical (unpaired) electrons. The van der Waals surface area contributed by atoms with Gasteiger partial charge in [-0.05, 0) is 53.3 Å². The van der Waals surface area contributed by atoms with Crippen molar-refractivity contribution in [1.82, 2.24) is 0 Å². The SMILES string of the molecule is Cc1ccccc1-c1c(C)ccc2c1C=C(Br)C2. The summed E-state index contributed by atoms with van der Waals surface area (Å²) in [5.74, 6) is 0. The van der Waals surface area contributed by atoms with Crippen LogP contribution in [0.3, 0.4) is 0 Å². The molecule has 2 aromatic rings. The van der Waals surface area contributed by atoms with Crippen molar-refractivity contribution < 1.29 is 0 Å². The van der Waals surface area contributed by atoms with Gasteiger partial charge in [-0.25, -0.2) is 0 Å². The van der Waals surface area contributed by atoms with Gasteiger partial charge >= 0.3 is 0 Å². The maximum atomic E-state index is 3.63. The molecule has 0 N–H and O–H groups in total. The molecule has 2 aromatic carbocycles. The molecule has 0 saturated heterocycles. The molecule has 0 spiro atoms. The second kappa shape index (κ2) is 4.40. The van der Waals surface area contributed by atoms with Gasteiger partial charge in [0, 0.05) is 10.9 Å². The minimum absolute atomic E-state index is 1.02. The number of hydrogen-bond donors (Lipinski definition) is 0. The van der Waals surface area contributed by atoms with Crippen molar-refractivity contribution in [2.75, 3.05) is 0 Å². The Labute approximate surface area is 116 Å². The fourth-order valence-electron chi connectivity index (χ4n) is 2.69. The standard InChI is InChI=1S/C17H15Br/c1-11-5-3-4-6-15(11)17-12(2)7-8-13-9-14(18)10-16(13)17/h3-8,10H,9H2,1-2H3. The van der Waals surface area contributed by atoms with Crippen LogP contribution in [0.5, 0.6) is 0 Å². The number of aryl methyl sites for hydroxylation is 2. The molecule has 18 heavy (non-hydrogen) atoms. The second-order valence-corrected chi connectivity index (χ2v) is 5.93. The van der Waals surface area contributed by atoms with Crippen LogP contribution in [0, 0.1) is 13.8 Å². The predicted molar refractivity (Wildman–Crippen MR) is 82.0 cm³/mol. The molecule has 0 fully saturated rings. The van der Waals surface area contributed by atoms with Crippen LogP contribution in [0.4, 0.5) is 0 Å². The Kier molecular flexibility index (Phi) is 2.87. The van der Waals surface area contributed by atoms with Crippen LogP contribution < -0.4 is 0 Å². The zero-order valence-electron chi connectivity index (χ0n) is 10.6. The second-order valence-electron chi connectivity index (χ2n) is 4.91. The molecule has 1 aliphatic carbocycles. The average Bonchev–Trinajstić information content (AvgIpc) is 2.71. The third-order valence-corrected chi connectivity index (χ3v) is 4.13. The summed E-state index contributed by atoms with van der Waals surface area (Å²) in [6.45, 7) is 4.38. The highest BCUT2D eigenvalue weighted by Crippen LogP contribution is 2.38. The van der Waals surface area contributed by atoms with Crippen molar-refractivity contribution >= 4 is 22.0 Å². The molecule has 0 bridgehead atoms. The zero-order valence-corrected chi connectivity index (χ0v) is 12.2. The van der Waals surface area contributed by atoms with E-state index >= 15 is 0 Å². The maximum absolute atomic E-state index is 3.63. The molecule has 90 valence electrons. The number of rotatable bonds is 1. The molecule has 0 unspecified atom stereocenters. The Bertz CT molecular complexity index is 651. The number of fused-ring (bicyclic) bond motifs is 1. The van der Waals surface area contributed by atoms with Gasteiger partial charge in [0.2, 0.25) is 0 Å². The topological polar surface area (TPSA) is 0 Å². The molecule has 1 aliphatic rings. The fourth-order valence-corrected chi connectivity index (χ4v) is 3.22. The summed E-state index contributed by atoms with van der Waals surface area (Å²) in [5, 5.41) is 0. The molecule has 1 heteroatoms. The normalized spacial score (nSPS) is 13.4. The van der Waals surface area contributed by atoms with E-state index in [-0.39, 0.29) is 0 Å². The van der Waals surface area contributed by atoms with Crippen molar-refractivity contribution in [2.24, 2.45) is 0 Å². The Hall–Kier alpha value is -1.34. The summed E-state index contributed by atoms with van der Waals surface area (Å²) in [7, 11) is 0. The summed E-state index contributed by atoms with van der Waals surface area (Å²) in [5.41, 5.74) is 8.24. The molecule has 0 heterocycles. The van der Waals surface area contributed by atoms with E-state index in [1.165, 1.54) is 37.9 Å².